The SMILES string of the molecule is CCCCn1c(=O)c2[nH]c(C34CCC(C(=O)NCCOCCOCCN=[N+]=[N-])(CC3)CC4)nc2n(CCCNC(=O)c2ccc(S(=O)(=O)F)cc2)c1=O. The van der Waals surface area contributed by atoms with Crippen molar-refractivity contribution in [2.45, 2.75) is 88.1 Å². The fourth-order valence-electron chi connectivity index (χ4n) is 7.22. The van der Waals surface area contributed by atoms with Crippen LogP contribution in [0.5, 0.6) is 0 Å². The summed E-state index contributed by atoms with van der Waals surface area (Å²) in [7, 11) is -4.88. The van der Waals surface area contributed by atoms with Gasteiger partial charge in [0.1, 0.15) is 11.3 Å². The van der Waals surface area contributed by atoms with Crippen LogP contribution in [0.2, 0.25) is 0 Å². The van der Waals surface area contributed by atoms with Crippen molar-refractivity contribution in [1.82, 2.24) is 29.7 Å². The lowest BCUT2D eigenvalue weighted by Crippen LogP contribution is -2.52. The van der Waals surface area contributed by atoms with Gasteiger partial charge in [-0.15, -0.1) is 3.89 Å². The first kappa shape index (κ1) is 39.6. The molecule has 6 rings (SSSR count). The zero-order chi connectivity index (χ0) is 38.1. The van der Waals surface area contributed by atoms with E-state index in [1.807, 2.05) is 6.92 Å². The van der Waals surface area contributed by atoms with Gasteiger partial charge in [0, 0.05) is 54.0 Å². The van der Waals surface area contributed by atoms with Crippen molar-refractivity contribution in [3.63, 3.8) is 0 Å². The molecule has 3 N–H and O–H groups in total. The summed E-state index contributed by atoms with van der Waals surface area (Å²) in [4.78, 5) is 63.6. The largest absolute Gasteiger partial charge is 0.379 e. The van der Waals surface area contributed by atoms with E-state index >= 15 is 0 Å². The van der Waals surface area contributed by atoms with Crippen molar-refractivity contribution in [3.8, 4) is 0 Å². The Balaban J connectivity index is 1.22. The number of H-pyrrole nitrogens is 1. The normalized spacial score (nSPS) is 19.6. The summed E-state index contributed by atoms with van der Waals surface area (Å²) in [6, 6.07) is 4.45. The Kier molecular flexibility index (Phi) is 13.1. The Morgan fingerprint density at radius 1 is 0.962 bits per heavy atom. The van der Waals surface area contributed by atoms with E-state index in [2.05, 4.69) is 25.6 Å². The predicted octanol–water partition coefficient (Wildman–Crippen LogP) is 3.22. The number of aromatic amines is 1. The quantitative estimate of drug-likeness (QED) is 0.0504. The second-order valence-electron chi connectivity index (χ2n) is 13.6. The number of imidazole rings is 1. The van der Waals surface area contributed by atoms with Gasteiger partial charge in [0.25, 0.3) is 11.5 Å². The smallest absolute Gasteiger partial charge is 0.332 e. The molecule has 3 fully saturated rings. The topological polar surface area (TPSA) is 232 Å². The molecule has 0 atom stereocenters. The molecule has 2 bridgehead atoms. The first-order valence-electron chi connectivity index (χ1n) is 18.0. The molecule has 0 unspecified atom stereocenters. The summed E-state index contributed by atoms with van der Waals surface area (Å²) in [5, 5.41) is 9.14. The minimum atomic E-state index is -4.88. The summed E-state index contributed by atoms with van der Waals surface area (Å²) < 4.78 is 48.9. The van der Waals surface area contributed by atoms with Crippen molar-refractivity contribution in [2.75, 3.05) is 46.1 Å². The van der Waals surface area contributed by atoms with Gasteiger partial charge in [-0.1, -0.05) is 18.5 Å². The third-order valence-corrected chi connectivity index (χ3v) is 11.2. The standard InChI is InChI=1S/C34H46FN9O8S/c1-2-3-18-44-29(46)26-27(43(32(44)48)19-4-15-37-28(45)24-5-7-25(8-6-24)53(35,49)50)41-30(40-26)33-9-12-34(13-10-33,14-11-33)31(47)38-16-20-51-22-23-52-21-17-39-42-36/h5-8H,2-4,9-23H2,1H3,(H,37,45)(H,38,47)(H,40,41). The Morgan fingerprint density at radius 2 is 1.62 bits per heavy atom. The predicted molar refractivity (Wildman–Crippen MR) is 192 cm³/mol. The van der Waals surface area contributed by atoms with Crippen LogP contribution in [0.1, 0.15) is 80.9 Å². The highest BCUT2D eigenvalue weighted by atomic mass is 32.3. The van der Waals surface area contributed by atoms with Crippen molar-refractivity contribution >= 4 is 33.2 Å². The molecule has 3 aliphatic rings. The number of ether oxygens (including phenoxy) is 2. The number of carbonyl (C=O) groups excluding carboxylic acids is 2. The van der Waals surface area contributed by atoms with E-state index < -0.39 is 37.7 Å². The van der Waals surface area contributed by atoms with Crippen LogP contribution >= 0.6 is 0 Å². The van der Waals surface area contributed by atoms with Gasteiger partial charge in [0.05, 0.1) is 31.3 Å². The van der Waals surface area contributed by atoms with Gasteiger partial charge in [0.15, 0.2) is 5.65 Å². The molecule has 2 aromatic heterocycles. The van der Waals surface area contributed by atoms with Crippen molar-refractivity contribution in [3.05, 3.63) is 66.9 Å². The van der Waals surface area contributed by atoms with Crippen LogP contribution in [-0.2, 0) is 43.0 Å². The lowest BCUT2D eigenvalue weighted by Gasteiger charge is -2.51. The van der Waals surface area contributed by atoms with Gasteiger partial charge < -0.3 is 25.1 Å². The number of amides is 2. The van der Waals surface area contributed by atoms with Crippen LogP contribution in [0.15, 0.2) is 43.9 Å². The molecule has 19 heteroatoms. The van der Waals surface area contributed by atoms with Crippen molar-refractivity contribution < 1.29 is 31.4 Å². The minimum absolute atomic E-state index is 0.00841. The molecule has 17 nitrogen and oxygen atoms in total. The van der Waals surface area contributed by atoms with E-state index in [0.717, 1.165) is 18.6 Å². The fourth-order valence-corrected chi connectivity index (χ4v) is 7.68. The number of hydrogen-bond acceptors (Lipinski definition) is 10. The molecule has 2 amide bonds. The number of halogens is 1. The average Bonchev–Trinajstić information content (AvgIpc) is 3.62. The lowest BCUT2D eigenvalue weighted by atomic mass is 9.53. The number of fused-ring (bicyclic) bond motifs is 4. The molecule has 3 aromatic rings. The van der Waals surface area contributed by atoms with E-state index in [-0.39, 0.29) is 54.2 Å². The number of benzene rings is 1. The molecule has 53 heavy (non-hydrogen) atoms. The van der Waals surface area contributed by atoms with Crippen molar-refractivity contribution in [2.24, 2.45) is 10.5 Å². The second kappa shape index (κ2) is 17.5. The van der Waals surface area contributed by atoms with E-state index in [1.54, 1.807) is 0 Å². The number of nitrogens with zero attached hydrogens (tertiary/aromatic N) is 6. The third-order valence-electron chi connectivity index (χ3n) is 10.4. The van der Waals surface area contributed by atoms with Gasteiger partial charge in [-0.2, -0.15) is 8.42 Å². The molecule has 288 valence electrons. The Hall–Kier alpha value is -4.58. The summed E-state index contributed by atoms with van der Waals surface area (Å²) in [6.07, 6.45) is 5.82. The summed E-state index contributed by atoms with van der Waals surface area (Å²) in [6.45, 7) is 4.57. The second-order valence-corrected chi connectivity index (χ2v) is 14.9. The molecule has 2 heterocycles. The number of azide groups is 1. The maximum Gasteiger partial charge on any atom is 0.332 e. The number of hydrogen-bond donors (Lipinski definition) is 3. The third kappa shape index (κ3) is 9.15. The zero-order valence-corrected chi connectivity index (χ0v) is 30.6. The van der Waals surface area contributed by atoms with E-state index in [0.29, 0.717) is 90.2 Å². The summed E-state index contributed by atoms with van der Waals surface area (Å²) in [5.41, 5.74) is 7.16. The Labute approximate surface area is 305 Å². The van der Waals surface area contributed by atoms with E-state index in [9.17, 15) is 31.5 Å². The van der Waals surface area contributed by atoms with Gasteiger partial charge in [-0.05, 0) is 81.2 Å². The van der Waals surface area contributed by atoms with Gasteiger partial charge in [-0.25, -0.2) is 9.78 Å². The molecule has 3 aliphatic carbocycles. The molecule has 3 saturated carbocycles. The summed E-state index contributed by atoms with van der Waals surface area (Å²) >= 11 is 0. The molecule has 0 radical (unpaired) electrons. The highest BCUT2D eigenvalue weighted by Gasteiger charge is 2.54. The lowest BCUT2D eigenvalue weighted by molar-refractivity contribution is -0.138. The zero-order valence-electron chi connectivity index (χ0n) is 29.8. The fraction of sp³-hybridized carbons (Fsp3) is 0.618. The monoisotopic (exact) mass is 759 g/mol. The van der Waals surface area contributed by atoms with E-state index in [4.69, 9.17) is 20.0 Å². The summed E-state index contributed by atoms with van der Waals surface area (Å²) in [5.74, 6) is 0.157. The number of rotatable bonds is 20. The van der Waals surface area contributed by atoms with Gasteiger partial charge in [-0.3, -0.25) is 23.5 Å². The molecule has 1 aromatic carbocycles. The molecule has 0 aliphatic heterocycles. The minimum Gasteiger partial charge on any atom is -0.379 e. The van der Waals surface area contributed by atoms with Crippen molar-refractivity contribution in [1.29, 1.82) is 0 Å². The van der Waals surface area contributed by atoms with Crippen LogP contribution in [0, 0.1) is 5.41 Å². The number of carbonyl (C=O) groups is 2. The molecular formula is C34H46FN9O8S. The van der Waals surface area contributed by atoms with Gasteiger partial charge >= 0.3 is 15.9 Å². The molecule has 0 spiro atoms. The molecular weight excluding hydrogens is 713 g/mol. The first-order valence-corrected chi connectivity index (χ1v) is 19.3. The van der Waals surface area contributed by atoms with Crippen LogP contribution < -0.4 is 21.9 Å². The Morgan fingerprint density at radius 3 is 2.26 bits per heavy atom. The number of nitrogens with one attached hydrogen (secondary N) is 3. The van der Waals surface area contributed by atoms with Crippen LogP contribution in [0.4, 0.5) is 3.89 Å². The highest BCUT2D eigenvalue weighted by molar-refractivity contribution is 7.86. The van der Waals surface area contributed by atoms with Crippen LogP contribution in [-0.4, -0.2) is 85.4 Å². The highest BCUT2D eigenvalue weighted by Crippen LogP contribution is 2.57. The van der Waals surface area contributed by atoms with Crippen LogP contribution in [0.3, 0.4) is 0 Å². The Bertz CT molecular complexity index is 2030. The average molecular weight is 760 g/mol. The number of aryl methyl sites for hydroxylation is 1. The van der Waals surface area contributed by atoms with Gasteiger partial charge in [0.2, 0.25) is 5.91 Å². The van der Waals surface area contributed by atoms with E-state index in [1.165, 1.54) is 21.3 Å². The van der Waals surface area contributed by atoms with Crippen LogP contribution in [0.25, 0.3) is 21.6 Å². The number of aromatic nitrogens is 4. The maximum absolute atomic E-state index is 13.7. The maximum atomic E-state index is 13.7. The molecule has 0 saturated heterocycles. The first-order chi connectivity index (χ1) is 25.4. The number of unbranched alkanes of at least 4 members (excludes halogenated alkanes) is 1.